The number of nitrogens with two attached hydrogens (primary N) is 1. The van der Waals surface area contributed by atoms with Gasteiger partial charge in [-0.15, -0.1) is 0 Å². The molecule has 1 aliphatic rings. The Bertz CT molecular complexity index is 809. The third-order valence-corrected chi connectivity index (χ3v) is 5.63. The van der Waals surface area contributed by atoms with Crippen LogP contribution in [0.2, 0.25) is 0 Å². The molecule has 1 fully saturated rings. The zero-order chi connectivity index (χ0) is 23.0. The van der Waals surface area contributed by atoms with E-state index in [-0.39, 0.29) is 6.04 Å². The summed E-state index contributed by atoms with van der Waals surface area (Å²) in [5.41, 5.74) is 9.27. The highest BCUT2D eigenvalue weighted by Crippen LogP contribution is 2.32. The number of hydrogen-bond donors (Lipinski definition) is 1. The molecule has 0 spiro atoms. The second-order valence-electron chi connectivity index (χ2n) is 8.74. The largest absolute Gasteiger partial charge is 0.496 e. The Morgan fingerprint density at radius 1 is 1.32 bits per heavy atom. The number of carbonyl (C=O) groups excluding carboxylic acids is 1. The van der Waals surface area contributed by atoms with Crippen LogP contribution in [0, 0.1) is 11.8 Å². The number of ether oxygens (including phenoxy) is 2. The van der Waals surface area contributed by atoms with Gasteiger partial charge < -0.3 is 20.1 Å². The summed E-state index contributed by atoms with van der Waals surface area (Å²) in [5.74, 6) is 2.45. The van der Waals surface area contributed by atoms with Crippen molar-refractivity contribution in [1.29, 1.82) is 0 Å². The van der Waals surface area contributed by atoms with Gasteiger partial charge in [0, 0.05) is 24.2 Å². The molecule has 0 bridgehead atoms. The van der Waals surface area contributed by atoms with E-state index in [0.717, 1.165) is 29.5 Å². The van der Waals surface area contributed by atoms with Crippen molar-refractivity contribution in [1.82, 2.24) is 4.90 Å². The smallest absolute Gasteiger partial charge is 0.210 e. The van der Waals surface area contributed by atoms with Gasteiger partial charge in [-0.2, -0.15) is 0 Å². The summed E-state index contributed by atoms with van der Waals surface area (Å²) < 4.78 is 11.7. The zero-order valence-electron chi connectivity index (χ0n) is 19.5. The first-order chi connectivity index (χ1) is 14.8. The highest BCUT2D eigenvalue weighted by Gasteiger charge is 2.27. The van der Waals surface area contributed by atoms with Crippen LogP contribution in [0.15, 0.2) is 37.1 Å². The number of hydrogen-bond acceptors (Lipinski definition) is 4. The van der Waals surface area contributed by atoms with E-state index in [2.05, 4.69) is 33.1 Å². The second-order valence-corrected chi connectivity index (χ2v) is 8.74. The Morgan fingerprint density at radius 3 is 2.55 bits per heavy atom. The molecular formula is C26H38N2O3. The van der Waals surface area contributed by atoms with Crippen molar-refractivity contribution in [2.75, 3.05) is 20.3 Å². The lowest BCUT2D eigenvalue weighted by Crippen LogP contribution is -2.39. The van der Waals surface area contributed by atoms with E-state index in [9.17, 15) is 4.79 Å². The van der Waals surface area contributed by atoms with Crippen LogP contribution in [0.5, 0.6) is 5.75 Å². The van der Waals surface area contributed by atoms with Crippen molar-refractivity contribution in [3.05, 3.63) is 53.8 Å². The van der Waals surface area contributed by atoms with Gasteiger partial charge in [0.15, 0.2) is 0 Å². The summed E-state index contributed by atoms with van der Waals surface area (Å²) in [4.78, 5) is 13.8. The van der Waals surface area contributed by atoms with Crippen LogP contribution in [-0.4, -0.2) is 37.6 Å². The van der Waals surface area contributed by atoms with Crippen molar-refractivity contribution < 1.29 is 14.3 Å². The molecule has 5 nitrogen and oxygen atoms in total. The van der Waals surface area contributed by atoms with Crippen LogP contribution in [0.3, 0.4) is 0 Å². The summed E-state index contributed by atoms with van der Waals surface area (Å²) in [6, 6.07) is 3.70. The van der Waals surface area contributed by atoms with E-state index in [1.165, 1.54) is 12.8 Å². The maximum absolute atomic E-state index is 12.0. The molecule has 0 saturated heterocycles. The van der Waals surface area contributed by atoms with Crippen molar-refractivity contribution in [2.24, 2.45) is 17.6 Å². The summed E-state index contributed by atoms with van der Waals surface area (Å²) >= 11 is 0. The number of amides is 1. The number of nitrogens with zero attached hydrogens (tertiary/aromatic N) is 1. The predicted molar refractivity (Wildman–Crippen MR) is 128 cm³/mol. The molecule has 0 radical (unpaired) electrons. The van der Waals surface area contributed by atoms with Crippen LogP contribution < -0.4 is 10.5 Å². The first-order valence-corrected chi connectivity index (χ1v) is 11.1. The number of allylic oxidation sites excluding steroid dienone is 1. The maximum atomic E-state index is 12.0. The SMILES string of the molecule is C=C(N)c1cc(OC)c(CC(C(=C)OCC2CC2)N(C=O)CCC(C)C)cc1/C=C\C. The summed E-state index contributed by atoms with van der Waals surface area (Å²) in [6.45, 7) is 15.7. The fourth-order valence-electron chi connectivity index (χ4n) is 3.51. The predicted octanol–water partition coefficient (Wildman–Crippen LogP) is 5.01. The number of rotatable bonds is 14. The average Bonchev–Trinajstić information content (AvgIpc) is 3.56. The summed E-state index contributed by atoms with van der Waals surface area (Å²) in [6.07, 6.45) is 8.74. The van der Waals surface area contributed by atoms with Crippen LogP contribution in [-0.2, 0) is 16.0 Å². The van der Waals surface area contributed by atoms with E-state index in [0.29, 0.717) is 48.6 Å². The van der Waals surface area contributed by atoms with Crippen molar-refractivity contribution in [3.63, 3.8) is 0 Å². The van der Waals surface area contributed by atoms with E-state index >= 15 is 0 Å². The first kappa shape index (κ1) is 24.6. The van der Waals surface area contributed by atoms with Crippen LogP contribution in [0.4, 0.5) is 0 Å². The lowest BCUT2D eigenvalue weighted by atomic mass is 9.95. The third-order valence-electron chi connectivity index (χ3n) is 5.63. The topological polar surface area (TPSA) is 64.8 Å². The van der Waals surface area contributed by atoms with Crippen LogP contribution in [0.25, 0.3) is 11.8 Å². The van der Waals surface area contributed by atoms with Gasteiger partial charge in [-0.05, 0) is 61.3 Å². The molecule has 31 heavy (non-hydrogen) atoms. The molecule has 1 aliphatic carbocycles. The molecule has 1 amide bonds. The molecule has 1 unspecified atom stereocenters. The van der Waals surface area contributed by atoms with E-state index in [1.54, 1.807) is 12.0 Å². The van der Waals surface area contributed by atoms with Gasteiger partial charge in [-0.25, -0.2) is 0 Å². The highest BCUT2D eigenvalue weighted by atomic mass is 16.5. The van der Waals surface area contributed by atoms with Gasteiger partial charge in [0.25, 0.3) is 0 Å². The monoisotopic (exact) mass is 426 g/mol. The fraction of sp³-hybridized carbons (Fsp3) is 0.500. The first-order valence-electron chi connectivity index (χ1n) is 11.1. The molecule has 1 aromatic carbocycles. The van der Waals surface area contributed by atoms with Crippen molar-refractivity contribution in [2.45, 2.75) is 52.5 Å². The highest BCUT2D eigenvalue weighted by molar-refractivity contribution is 5.73. The van der Waals surface area contributed by atoms with Gasteiger partial charge in [-0.1, -0.05) is 39.2 Å². The Labute approximate surface area is 187 Å². The van der Waals surface area contributed by atoms with Crippen molar-refractivity contribution >= 4 is 18.2 Å². The van der Waals surface area contributed by atoms with Gasteiger partial charge in [0.05, 0.1) is 19.8 Å². The van der Waals surface area contributed by atoms with E-state index in [4.69, 9.17) is 15.2 Å². The standard InChI is InChI=1S/C26H38N2O3/c1-7-8-22-13-23(26(30-6)15-24(22)19(4)27)14-25(20(5)31-16-21-9-10-21)28(17-29)12-11-18(2)3/h7-8,13,15,17-18,21,25H,4-5,9-12,14,16,27H2,1-3,6H3/b8-7-. The van der Waals surface area contributed by atoms with E-state index in [1.807, 2.05) is 25.1 Å². The van der Waals surface area contributed by atoms with Gasteiger partial charge in [0.1, 0.15) is 11.5 Å². The number of benzene rings is 1. The molecule has 0 heterocycles. The summed E-state index contributed by atoms with van der Waals surface area (Å²) in [7, 11) is 1.64. The molecule has 1 saturated carbocycles. The van der Waals surface area contributed by atoms with Crippen LogP contribution >= 0.6 is 0 Å². The summed E-state index contributed by atoms with van der Waals surface area (Å²) in [5, 5.41) is 0. The second kappa shape index (κ2) is 11.6. The molecular weight excluding hydrogens is 388 g/mol. The Morgan fingerprint density at radius 2 is 2.03 bits per heavy atom. The minimum atomic E-state index is -0.269. The molecule has 2 N–H and O–H groups in total. The molecule has 2 rings (SSSR count). The number of carbonyl (C=O) groups is 1. The zero-order valence-corrected chi connectivity index (χ0v) is 19.5. The quantitative estimate of drug-likeness (QED) is 0.335. The fourth-order valence-corrected chi connectivity index (χ4v) is 3.51. The molecule has 170 valence electrons. The van der Waals surface area contributed by atoms with Gasteiger partial charge in [0.2, 0.25) is 6.41 Å². The average molecular weight is 427 g/mol. The van der Waals surface area contributed by atoms with Crippen LogP contribution in [0.1, 0.15) is 56.7 Å². The molecule has 0 aliphatic heterocycles. The number of methoxy groups -OCH3 is 1. The van der Waals surface area contributed by atoms with Crippen molar-refractivity contribution in [3.8, 4) is 5.75 Å². The Balaban J connectivity index is 2.38. The lowest BCUT2D eigenvalue weighted by Gasteiger charge is -2.31. The lowest BCUT2D eigenvalue weighted by molar-refractivity contribution is -0.120. The molecule has 5 heteroatoms. The normalized spacial score (nSPS) is 14.5. The Hall–Kier alpha value is -2.69. The third kappa shape index (κ3) is 7.20. The minimum absolute atomic E-state index is 0.269. The molecule has 0 aromatic heterocycles. The van der Waals surface area contributed by atoms with E-state index < -0.39 is 0 Å². The minimum Gasteiger partial charge on any atom is -0.496 e. The molecule has 1 aromatic rings. The Kier molecular flexibility index (Phi) is 9.22. The van der Waals surface area contributed by atoms with Gasteiger partial charge in [-0.3, -0.25) is 4.79 Å². The molecule has 1 atom stereocenters. The van der Waals surface area contributed by atoms with Gasteiger partial charge >= 0.3 is 0 Å². The maximum Gasteiger partial charge on any atom is 0.210 e.